The number of halogens is 1. The van der Waals surface area contributed by atoms with Crippen molar-refractivity contribution in [3.05, 3.63) is 29.3 Å². The second-order valence-electron chi connectivity index (χ2n) is 7.61. The first-order chi connectivity index (χ1) is 12.9. The van der Waals surface area contributed by atoms with E-state index < -0.39 is 10.0 Å². The van der Waals surface area contributed by atoms with Gasteiger partial charge < -0.3 is 15.0 Å². The molecule has 2 saturated heterocycles. The maximum Gasteiger partial charge on any atom is 0.240 e. The van der Waals surface area contributed by atoms with Crippen LogP contribution in [0.1, 0.15) is 24.0 Å². The van der Waals surface area contributed by atoms with Crippen LogP contribution in [0.3, 0.4) is 0 Å². The van der Waals surface area contributed by atoms with E-state index >= 15 is 0 Å². The molecule has 2 fully saturated rings. The van der Waals surface area contributed by atoms with E-state index in [-0.39, 0.29) is 29.4 Å². The monoisotopic (exact) mass is 522 g/mol. The molecule has 2 N–H and O–H groups in total. The highest BCUT2D eigenvalue weighted by molar-refractivity contribution is 14.0. The summed E-state index contributed by atoms with van der Waals surface area (Å²) < 4.78 is 33.4. The van der Waals surface area contributed by atoms with Crippen molar-refractivity contribution < 1.29 is 13.2 Å². The van der Waals surface area contributed by atoms with Gasteiger partial charge in [-0.05, 0) is 43.9 Å². The van der Waals surface area contributed by atoms with Crippen molar-refractivity contribution in [2.45, 2.75) is 31.6 Å². The number of aliphatic imine (C=N–C) groups is 1. The molecule has 2 aliphatic heterocycles. The molecule has 0 radical (unpaired) electrons. The molecule has 1 spiro atoms. The molecule has 7 nitrogen and oxygen atoms in total. The molecule has 158 valence electrons. The van der Waals surface area contributed by atoms with Crippen molar-refractivity contribution in [2.75, 3.05) is 46.4 Å². The van der Waals surface area contributed by atoms with Gasteiger partial charge in [-0.2, -0.15) is 0 Å². The highest BCUT2D eigenvalue weighted by Crippen LogP contribution is 2.38. The van der Waals surface area contributed by atoms with Crippen LogP contribution in [-0.4, -0.2) is 65.7 Å². The molecule has 1 aromatic carbocycles. The number of nitrogens with zero attached hydrogens (tertiary/aromatic N) is 2. The first-order valence-corrected chi connectivity index (χ1v) is 10.9. The van der Waals surface area contributed by atoms with E-state index in [1.165, 1.54) is 0 Å². The molecule has 0 aliphatic carbocycles. The Bertz CT molecular complexity index is 807. The summed E-state index contributed by atoms with van der Waals surface area (Å²) in [5.41, 5.74) is 1.94. The topological polar surface area (TPSA) is 83.0 Å². The van der Waals surface area contributed by atoms with Crippen LogP contribution in [0.25, 0.3) is 0 Å². The number of hydrogen-bond acceptors (Lipinski definition) is 4. The van der Waals surface area contributed by atoms with E-state index in [1.54, 1.807) is 13.1 Å². The summed E-state index contributed by atoms with van der Waals surface area (Å²) in [7, 11) is -1.75. The average Bonchev–Trinajstić information content (AvgIpc) is 3.27. The molecule has 2 aliphatic rings. The quantitative estimate of drug-likeness (QED) is 0.267. The third-order valence-corrected chi connectivity index (χ3v) is 7.07. The smallest absolute Gasteiger partial charge is 0.240 e. The fourth-order valence-corrected chi connectivity index (χ4v) is 5.21. The van der Waals surface area contributed by atoms with Gasteiger partial charge in [0.1, 0.15) is 0 Å². The highest BCUT2D eigenvalue weighted by atomic mass is 127. The fraction of sp³-hybridized carbons (Fsp3) is 0.632. The molecule has 1 atom stereocenters. The number of rotatable bonds is 5. The van der Waals surface area contributed by atoms with Crippen LogP contribution in [0, 0.1) is 19.3 Å². The number of aryl methyl sites for hydroxylation is 2. The minimum atomic E-state index is -3.52. The summed E-state index contributed by atoms with van der Waals surface area (Å²) in [6, 6.07) is 5.45. The van der Waals surface area contributed by atoms with Gasteiger partial charge in [0.2, 0.25) is 10.0 Å². The van der Waals surface area contributed by atoms with Crippen molar-refractivity contribution in [1.82, 2.24) is 14.9 Å². The van der Waals surface area contributed by atoms with Gasteiger partial charge in [0, 0.05) is 45.2 Å². The molecule has 9 heteroatoms. The van der Waals surface area contributed by atoms with Gasteiger partial charge in [0.15, 0.2) is 5.96 Å². The third-order valence-electron chi connectivity index (χ3n) is 5.47. The lowest BCUT2D eigenvalue weighted by molar-refractivity contribution is 0.156. The van der Waals surface area contributed by atoms with Crippen molar-refractivity contribution in [3.63, 3.8) is 0 Å². The molecule has 0 saturated carbocycles. The van der Waals surface area contributed by atoms with Crippen molar-refractivity contribution in [3.8, 4) is 0 Å². The van der Waals surface area contributed by atoms with Crippen LogP contribution in [0.5, 0.6) is 0 Å². The number of sulfonamides is 1. The first-order valence-electron chi connectivity index (χ1n) is 9.46. The van der Waals surface area contributed by atoms with Gasteiger partial charge in [0.05, 0.1) is 11.5 Å². The Morgan fingerprint density at radius 3 is 2.75 bits per heavy atom. The minimum absolute atomic E-state index is 0. The summed E-state index contributed by atoms with van der Waals surface area (Å²) in [5.74, 6) is 0.824. The number of likely N-dealkylation sites (tertiary alicyclic amines) is 1. The zero-order chi connectivity index (χ0) is 19.5. The molecule has 2 heterocycles. The SMILES string of the molecule is CN=C(NCCNS(=O)(=O)c1cc(C)ccc1C)N1CCC2(CCOC2)C1.I. The number of guanidine groups is 1. The van der Waals surface area contributed by atoms with Gasteiger partial charge in [0.25, 0.3) is 0 Å². The Morgan fingerprint density at radius 1 is 1.29 bits per heavy atom. The Kier molecular flexibility index (Phi) is 8.12. The Morgan fingerprint density at radius 2 is 2.07 bits per heavy atom. The lowest BCUT2D eigenvalue weighted by Gasteiger charge is -2.25. The molecular formula is C19H31IN4O3S. The zero-order valence-corrected chi connectivity index (χ0v) is 20.0. The highest BCUT2D eigenvalue weighted by Gasteiger charge is 2.42. The fourth-order valence-electron chi connectivity index (χ4n) is 3.85. The number of benzene rings is 1. The van der Waals surface area contributed by atoms with Gasteiger partial charge in [-0.15, -0.1) is 24.0 Å². The lowest BCUT2D eigenvalue weighted by Crippen LogP contribution is -2.44. The summed E-state index contributed by atoms with van der Waals surface area (Å²) in [6.45, 7) is 8.06. The lowest BCUT2D eigenvalue weighted by atomic mass is 9.87. The van der Waals surface area contributed by atoms with Gasteiger partial charge in [-0.3, -0.25) is 4.99 Å². The predicted octanol–water partition coefficient (Wildman–Crippen LogP) is 1.89. The van der Waals surface area contributed by atoms with Crippen LogP contribution >= 0.6 is 24.0 Å². The van der Waals surface area contributed by atoms with Crippen LogP contribution in [-0.2, 0) is 14.8 Å². The second-order valence-corrected chi connectivity index (χ2v) is 9.35. The van der Waals surface area contributed by atoms with Crippen LogP contribution in [0.4, 0.5) is 0 Å². The standard InChI is InChI=1S/C19H30N4O3S.HI/c1-15-4-5-16(2)17(12-15)27(24,25)22-9-8-21-18(20-3)23-10-6-19(13-23)7-11-26-14-19;/h4-5,12,22H,6-11,13-14H2,1-3H3,(H,20,21);1H. The van der Waals surface area contributed by atoms with Gasteiger partial charge >= 0.3 is 0 Å². The van der Waals surface area contributed by atoms with Crippen LogP contribution in [0.2, 0.25) is 0 Å². The van der Waals surface area contributed by atoms with E-state index in [4.69, 9.17) is 4.74 Å². The second kappa shape index (κ2) is 9.73. The zero-order valence-electron chi connectivity index (χ0n) is 16.8. The molecule has 0 aromatic heterocycles. The van der Waals surface area contributed by atoms with Gasteiger partial charge in [-0.1, -0.05) is 12.1 Å². The van der Waals surface area contributed by atoms with Crippen LogP contribution in [0.15, 0.2) is 28.1 Å². The van der Waals surface area contributed by atoms with Gasteiger partial charge in [-0.25, -0.2) is 13.1 Å². The summed E-state index contributed by atoms with van der Waals surface area (Å²) in [6.07, 6.45) is 2.23. The number of hydrogen-bond donors (Lipinski definition) is 2. The average molecular weight is 522 g/mol. The largest absolute Gasteiger partial charge is 0.381 e. The van der Waals surface area contributed by atoms with Crippen molar-refractivity contribution >= 4 is 40.0 Å². The Labute approximate surface area is 185 Å². The molecule has 3 rings (SSSR count). The van der Waals surface area contributed by atoms with Crippen LogP contribution < -0.4 is 10.0 Å². The molecule has 0 bridgehead atoms. The van der Waals surface area contributed by atoms with E-state index in [0.29, 0.717) is 18.0 Å². The van der Waals surface area contributed by atoms with E-state index in [1.807, 2.05) is 26.0 Å². The number of ether oxygens (including phenoxy) is 1. The third kappa shape index (κ3) is 5.37. The maximum absolute atomic E-state index is 12.6. The van der Waals surface area contributed by atoms with E-state index in [9.17, 15) is 8.42 Å². The normalized spacial score (nSPS) is 22.5. The first kappa shape index (κ1) is 23.4. The maximum atomic E-state index is 12.6. The number of nitrogens with one attached hydrogen (secondary N) is 2. The summed E-state index contributed by atoms with van der Waals surface area (Å²) in [5, 5.41) is 3.28. The minimum Gasteiger partial charge on any atom is -0.381 e. The Hall–Kier alpha value is -0.910. The summed E-state index contributed by atoms with van der Waals surface area (Å²) >= 11 is 0. The van der Waals surface area contributed by atoms with E-state index in [2.05, 4.69) is 19.9 Å². The Balaban J connectivity index is 0.00000280. The predicted molar refractivity (Wildman–Crippen MR) is 122 cm³/mol. The van der Waals surface area contributed by atoms with Crippen molar-refractivity contribution in [1.29, 1.82) is 0 Å². The molecular weight excluding hydrogens is 491 g/mol. The molecule has 1 aromatic rings. The summed E-state index contributed by atoms with van der Waals surface area (Å²) in [4.78, 5) is 6.94. The molecule has 28 heavy (non-hydrogen) atoms. The molecule has 1 unspecified atom stereocenters. The van der Waals surface area contributed by atoms with Crippen molar-refractivity contribution in [2.24, 2.45) is 10.4 Å². The van der Waals surface area contributed by atoms with E-state index in [0.717, 1.165) is 56.2 Å². The molecule has 0 amide bonds.